The average Bonchev–Trinajstić information content (AvgIpc) is 2.38. The van der Waals surface area contributed by atoms with E-state index in [1.165, 1.54) is 6.42 Å². The van der Waals surface area contributed by atoms with Crippen LogP contribution in [0.15, 0.2) is 0 Å². The molecule has 0 saturated heterocycles. The van der Waals surface area contributed by atoms with Gasteiger partial charge in [0.15, 0.2) is 0 Å². The first-order valence-corrected chi connectivity index (χ1v) is 7.70. The third kappa shape index (κ3) is 6.92. The topological polar surface area (TPSA) is 69.6 Å². The van der Waals surface area contributed by atoms with Crippen molar-refractivity contribution in [3.05, 3.63) is 0 Å². The van der Waals surface area contributed by atoms with Gasteiger partial charge in [-0.25, -0.2) is 0 Å². The van der Waals surface area contributed by atoms with E-state index in [-0.39, 0.29) is 6.42 Å². The SMILES string of the molecule is CCC1CCC(O)(CNCCCCCC(=O)O)CC1. The highest BCUT2D eigenvalue weighted by Crippen LogP contribution is 2.33. The van der Waals surface area contributed by atoms with Crippen LogP contribution in [0.2, 0.25) is 0 Å². The maximum Gasteiger partial charge on any atom is 0.303 e. The van der Waals surface area contributed by atoms with Gasteiger partial charge in [-0.05, 0) is 51.0 Å². The molecule has 0 heterocycles. The Morgan fingerprint density at radius 2 is 1.95 bits per heavy atom. The van der Waals surface area contributed by atoms with Crippen molar-refractivity contribution in [2.45, 2.75) is 70.3 Å². The minimum atomic E-state index is -0.713. The first-order valence-electron chi connectivity index (χ1n) is 7.70. The zero-order valence-corrected chi connectivity index (χ0v) is 12.2. The number of carboxylic acid groups (broad SMARTS) is 1. The van der Waals surface area contributed by atoms with Crippen LogP contribution in [0.1, 0.15) is 64.7 Å². The maximum atomic E-state index is 10.4. The predicted molar refractivity (Wildman–Crippen MR) is 76.2 cm³/mol. The Morgan fingerprint density at radius 1 is 1.26 bits per heavy atom. The number of rotatable bonds is 9. The molecule has 0 spiro atoms. The van der Waals surface area contributed by atoms with E-state index in [0.29, 0.717) is 6.54 Å². The molecule has 1 fully saturated rings. The molecule has 0 aromatic carbocycles. The van der Waals surface area contributed by atoms with Gasteiger partial charge >= 0.3 is 5.97 Å². The molecule has 0 bridgehead atoms. The minimum Gasteiger partial charge on any atom is -0.481 e. The molecule has 112 valence electrons. The molecular weight excluding hydrogens is 242 g/mol. The van der Waals surface area contributed by atoms with Gasteiger partial charge in [-0.1, -0.05) is 19.8 Å². The van der Waals surface area contributed by atoms with E-state index < -0.39 is 11.6 Å². The van der Waals surface area contributed by atoms with Gasteiger partial charge in [-0.2, -0.15) is 0 Å². The number of carboxylic acids is 1. The van der Waals surface area contributed by atoms with Crippen LogP contribution in [0.25, 0.3) is 0 Å². The second kappa shape index (κ2) is 8.54. The lowest BCUT2D eigenvalue weighted by molar-refractivity contribution is -0.137. The van der Waals surface area contributed by atoms with Crippen molar-refractivity contribution in [1.29, 1.82) is 0 Å². The quantitative estimate of drug-likeness (QED) is 0.564. The second-order valence-corrected chi connectivity index (χ2v) is 5.96. The lowest BCUT2D eigenvalue weighted by atomic mass is 9.78. The summed E-state index contributed by atoms with van der Waals surface area (Å²) in [7, 11) is 0. The van der Waals surface area contributed by atoms with Gasteiger partial charge in [0.2, 0.25) is 0 Å². The molecule has 3 N–H and O–H groups in total. The fourth-order valence-electron chi connectivity index (χ4n) is 2.82. The standard InChI is InChI=1S/C15H29NO3/c1-2-13-7-9-15(19,10-8-13)12-16-11-5-3-4-6-14(17)18/h13,16,19H,2-12H2,1H3,(H,17,18). The Bertz CT molecular complexity index is 260. The molecule has 19 heavy (non-hydrogen) atoms. The van der Waals surface area contributed by atoms with Gasteiger partial charge in [-0.15, -0.1) is 0 Å². The molecule has 1 rings (SSSR count). The fourth-order valence-corrected chi connectivity index (χ4v) is 2.82. The third-order valence-electron chi connectivity index (χ3n) is 4.31. The molecule has 1 aliphatic carbocycles. The van der Waals surface area contributed by atoms with Crippen molar-refractivity contribution in [2.24, 2.45) is 5.92 Å². The lowest BCUT2D eigenvalue weighted by Gasteiger charge is -2.36. The Balaban J connectivity index is 2.01. The molecule has 1 saturated carbocycles. The molecule has 0 aromatic heterocycles. The highest BCUT2D eigenvalue weighted by molar-refractivity contribution is 5.66. The Morgan fingerprint density at radius 3 is 2.53 bits per heavy atom. The van der Waals surface area contributed by atoms with E-state index in [4.69, 9.17) is 5.11 Å². The molecule has 0 unspecified atom stereocenters. The van der Waals surface area contributed by atoms with Crippen molar-refractivity contribution < 1.29 is 15.0 Å². The summed E-state index contributed by atoms with van der Waals surface area (Å²) in [6, 6.07) is 0. The largest absolute Gasteiger partial charge is 0.481 e. The number of aliphatic hydroxyl groups is 1. The van der Waals surface area contributed by atoms with E-state index in [2.05, 4.69) is 12.2 Å². The monoisotopic (exact) mass is 271 g/mol. The van der Waals surface area contributed by atoms with Gasteiger partial charge in [-0.3, -0.25) is 4.79 Å². The highest BCUT2D eigenvalue weighted by atomic mass is 16.4. The zero-order chi connectivity index (χ0) is 14.1. The molecule has 1 aliphatic rings. The van der Waals surface area contributed by atoms with Crippen LogP contribution >= 0.6 is 0 Å². The van der Waals surface area contributed by atoms with Crippen LogP contribution in [-0.2, 0) is 4.79 Å². The summed E-state index contributed by atoms with van der Waals surface area (Å²) >= 11 is 0. The van der Waals surface area contributed by atoms with E-state index >= 15 is 0 Å². The average molecular weight is 271 g/mol. The number of nitrogens with one attached hydrogen (secondary N) is 1. The molecule has 0 radical (unpaired) electrons. The van der Waals surface area contributed by atoms with Gasteiger partial charge < -0.3 is 15.5 Å². The fraction of sp³-hybridized carbons (Fsp3) is 0.933. The number of carbonyl (C=O) groups is 1. The Labute approximate surface area is 116 Å². The smallest absolute Gasteiger partial charge is 0.303 e. The van der Waals surface area contributed by atoms with Crippen LogP contribution in [0.5, 0.6) is 0 Å². The molecule has 0 atom stereocenters. The first-order chi connectivity index (χ1) is 9.06. The van der Waals surface area contributed by atoms with Crippen LogP contribution in [0.3, 0.4) is 0 Å². The zero-order valence-electron chi connectivity index (χ0n) is 12.2. The summed E-state index contributed by atoms with van der Waals surface area (Å²) in [5.41, 5.74) is -0.507. The van der Waals surface area contributed by atoms with E-state index in [1.807, 2.05) is 0 Å². The summed E-state index contributed by atoms with van der Waals surface area (Å²) in [6.07, 6.45) is 8.29. The van der Waals surface area contributed by atoms with E-state index in [9.17, 15) is 9.90 Å². The first kappa shape index (κ1) is 16.4. The second-order valence-electron chi connectivity index (χ2n) is 5.96. The van der Waals surface area contributed by atoms with Gasteiger partial charge in [0.1, 0.15) is 0 Å². The van der Waals surface area contributed by atoms with Crippen molar-refractivity contribution in [2.75, 3.05) is 13.1 Å². The number of unbranched alkanes of at least 4 members (excludes halogenated alkanes) is 2. The molecule has 0 aromatic rings. The molecular formula is C15H29NO3. The van der Waals surface area contributed by atoms with Gasteiger partial charge in [0.05, 0.1) is 5.60 Å². The molecule has 4 nitrogen and oxygen atoms in total. The minimum absolute atomic E-state index is 0.266. The maximum absolute atomic E-state index is 10.4. The number of hydrogen-bond donors (Lipinski definition) is 3. The van der Waals surface area contributed by atoms with Crippen LogP contribution < -0.4 is 5.32 Å². The van der Waals surface area contributed by atoms with Crippen molar-refractivity contribution in [3.63, 3.8) is 0 Å². The molecule has 0 amide bonds. The lowest BCUT2D eigenvalue weighted by Crippen LogP contribution is -2.43. The van der Waals surface area contributed by atoms with Gasteiger partial charge in [0, 0.05) is 13.0 Å². The van der Waals surface area contributed by atoms with E-state index in [0.717, 1.165) is 57.4 Å². The van der Waals surface area contributed by atoms with Gasteiger partial charge in [0.25, 0.3) is 0 Å². The summed E-state index contributed by atoms with van der Waals surface area (Å²) in [6.45, 7) is 3.78. The normalized spacial score (nSPS) is 27.4. The number of aliphatic carboxylic acids is 1. The summed E-state index contributed by atoms with van der Waals surface area (Å²) < 4.78 is 0. The van der Waals surface area contributed by atoms with Crippen molar-refractivity contribution in [1.82, 2.24) is 5.32 Å². The van der Waals surface area contributed by atoms with Crippen LogP contribution in [0, 0.1) is 5.92 Å². The van der Waals surface area contributed by atoms with E-state index in [1.54, 1.807) is 0 Å². The third-order valence-corrected chi connectivity index (χ3v) is 4.31. The van der Waals surface area contributed by atoms with Crippen LogP contribution in [-0.4, -0.2) is 34.9 Å². The highest BCUT2D eigenvalue weighted by Gasteiger charge is 2.31. The van der Waals surface area contributed by atoms with Crippen molar-refractivity contribution >= 4 is 5.97 Å². The summed E-state index contributed by atoms with van der Waals surface area (Å²) in [5, 5.41) is 22.3. The molecule has 0 aliphatic heterocycles. The Kier molecular flexibility index (Phi) is 7.39. The summed E-state index contributed by atoms with van der Waals surface area (Å²) in [5.74, 6) is 0.0891. The number of hydrogen-bond acceptors (Lipinski definition) is 3. The predicted octanol–water partition coefficient (Wildman–Crippen LogP) is 2.55. The van der Waals surface area contributed by atoms with Crippen LogP contribution in [0.4, 0.5) is 0 Å². The summed E-state index contributed by atoms with van der Waals surface area (Å²) in [4.78, 5) is 10.3. The Hall–Kier alpha value is -0.610. The van der Waals surface area contributed by atoms with Crippen molar-refractivity contribution in [3.8, 4) is 0 Å². The molecule has 4 heteroatoms.